The van der Waals surface area contributed by atoms with E-state index in [-0.39, 0.29) is 0 Å². The van der Waals surface area contributed by atoms with Crippen LogP contribution < -0.4 is 4.74 Å². The number of H-pyrrole nitrogens is 1. The molecular weight excluding hydrogens is 424 g/mol. The highest BCUT2D eigenvalue weighted by molar-refractivity contribution is 6.31. The lowest BCUT2D eigenvalue weighted by atomic mass is 10.1. The third kappa shape index (κ3) is 3.14. The molecule has 0 unspecified atom stereocenters. The number of hydrogen-bond acceptors (Lipinski definition) is 5. The molecule has 6 aromatic rings. The van der Waals surface area contributed by atoms with Gasteiger partial charge in [0.1, 0.15) is 18.1 Å². The van der Waals surface area contributed by atoms with Crippen LogP contribution in [0.25, 0.3) is 38.4 Å². The molecule has 0 fully saturated rings. The maximum atomic E-state index is 6.09. The third-order valence-electron chi connectivity index (χ3n) is 5.54. The van der Waals surface area contributed by atoms with E-state index in [4.69, 9.17) is 16.3 Å². The SMILES string of the molecule is Cc1nccc2c1[nH]c1ccc(OCc3cn(-c4ccnc5cc(Cl)ccc45)nn3)cc12. The van der Waals surface area contributed by atoms with E-state index in [0.717, 1.165) is 55.5 Å². The van der Waals surface area contributed by atoms with E-state index < -0.39 is 0 Å². The van der Waals surface area contributed by atoms with E-state index in [2.05, 4.69) is 25.3 Å². The van der Waals surface area contributed by atoms with E-state index >= 15 is 0 Å². The molecule has 0 aliphatic rings. The zero-order valence-electron chi connectivity index (χ0n) is 17.1. The van der Waals surface area contributed by atoms with E-state index in [1.807, 2.05) is 67.8 Å². The van der Waals surface area contributed by atoms with Gasteiger partial charge in [-0.25, -0.2) is 4.68 Å². The Balaban J connectivity index is 1.27. The molecule has 8 heteroatoms. The molecule has 4 heterocycles. The van der Waals surface area contributed by atoms with Gasteiger partial charge in [0.15, 0.2) is 0 Å². The van der Waals surface area contributed by atoms with Crippen LogP contribution in [0.1, 0.15) is 11.4 Å². The average molecular weight is 441 g/mol. The normalized spacial score (nSPS) is 11.6. The summed E-state index contributed by atoms with van der Waals surface area (Å²) in [5.74, 6) is 0.770. The van der Waals surface area contributed by atoms with Gasteiger partial charge in [0.05, 0.1) is 28.6 Å². The highest BCUT2D eigenvalue weighted by Gasteiger charge is 2.10. The van der Waals surface area contributed by atoms with Crippen molar-refractivity contribution in [2.45, 2.75) is 13.5 Å². The van der Waals surface area contributed by atoms with E-state index in [9.17, 15) is 0 Å². The zero-order chi connectivity index (χ0) is 21.7. The van der Waals surface area contributed by atoms with Gasteiger partial charge < -0.3 is 9.72 Å². The van der Waals surface area contributed by atoms with Gasteiger partial charge in [0, 0.05) is 39.1 Å². The third-order valence-corrected chi connectivity index (χ3v) is 5.77. The molecule has 0 saturated carbocycles. The second-order valence-electron chi connectivity index (χ2n) is 7.59. The van der Waals surface area contributed by atoms with Crippen molar-refractivity contribution in [1.29, 1.82) is 0 Å². The molecule has 0 saturated heterocycles. The topological polar surface area (TPSA) is 81.5 Å². The summed E-state index contributed by atoms with van der Waals surface area (Å²) in [5, 5.41) is 12.4. The van der Waals surface area contributed by atoms with Crippen molar-refractivity contribution in [1.82, 2.24) is 29.9 Å². The van der Waals surface area contributed by atoms with Crippen LogP contribution in [0, 0.1) is 6.92 Å². The van der Waals surface area contributed by atoms with Gasteiger partial charge in [0.2, 0.25) is 0 Å². The number of nitrogens with zero attached hydrogens (tertiary/aromatic N) is 5. The summed E-state index contributed by atoms with van der Waals surface area (Å²) in [6.45, 7) is 2.31. The van der Waals surface area contributed by atoms with E-state index in [0.29, 0.717) is 11.6 Å². The minimum atomic E-state index is 0.309. The van der Waals surface area contributed by atoms with Crippen LogP contribution in [-0.4, -0.2) is 29.9 Å². The van der Waals surface area contributed by atoms with Gasteiger partial charge in [-0.05, 0) is 55.5 Å². The Morgan fingerprint density at radius 1 is 0.969 bits per heavy atom. The number of halogens is 1. The molecule has 32 heavy (non-hydrogen) atoms. The lowest BCUT2D eigenvalue weighted by molar-refractivity contribution is 0.301. The monoisotopic (exact) mass is 440 g/mol. The van der Waals surface area contributed by atoms with Crippen LogP contribution in [0.4, 0.5) is 0 Å². The predicted octanol–water partition coefficient (Wildman–Crippen LogP) is 5.39. The number of rotatable bonds is 4. The molecule has 0 aliphatic carbocycles. The number of benzene rings is 2. The average Bonchev–Trinajstić information content (AvgIpc) is 3.42. The molecule has 2 aromatic carbocycles. The molecule has 0 spiro atoms. The fourth-order valence-electron chi connectivity index (χ4n) is 3.97. The van der Waals surface area contributed by atoms with Crippen molar-refractivity contribution in [3.8, 4) is 11.4 Å². The summed E-state index contributed by atoms with van der Waals surface area (Å²) in [5.41, 5.74) is 5.49. The summed E-state index contributed by atoms with van der Waals surface area (Å²) in [4.78, 5) is 12.2. The maximum absolute atomic E-state index is 6.09. The van der Waals surface area contributed by atoms with Gasteiger partial charge in [-0.1, -0.05) is 16.8 Å². The number of aromatic nitrogens is 6. The van der Waals surface area contributed by atoms with Crippen LogP contribution in [0.5, 0.6) is 5.75 Å². The molecule has 7 nitrogen and oxygen atoms in total. The molecule has 0 amide bonds. The van der Waals surface area contributed by atoms with Crippen LogP contribution in [0.3, 0.4) is 0 Å². The first-order valence-corrected chi connectivity index (χ1v) is 10.5. The van der Waals surface area contributed by atoms with Gasteiger partial charge in [-0.15, -0.1) is 5.10 Å². The minimum Gasteiger partial charge on any atom is -0.487 e. The summed E-state index contributed by atoms with van der Waals surface area (Å²) in [7, 11) is 0. The number of ether oxygens (including phenoxy) is 1. The highest BCUT2D eigenvalue weighted by atomic mass is 35.5. The molecule has 0 aliphatic heterocycles. The van der Waals surface area contributed by atoms with Crippen LogP contribution >= 0.6 is 11.6 Å². The van der Waals surface area contributed by atoms with E-state index in [1.54, 1.807) is 10.9 Å². The van der Waals surface area contributed by atoms with Crippen LogP contribution in [-0.2, 0) is 6.61 Å². The molecule has 0 bridgehead atoms. The first-order chi connectivity index (χ1) is 15.7. The molecule has 6 rings (SSSR count). The Morgan fingerprint density at radius 2 is 1.88 bits per heavy atom. The van der Waals surface area contributed by atoms with Gasteiger partial charge in [-0.2, -0.15) is 0 Å². The van der Waals surface area contributed by atoms with Crippen molar-refractivity contribution in [2.75, 3.05) is 0 Å². The zero-order valence-corrected chi connectivity index (χ0v) is 17.8. The van der Waals surface area contributed by atoms with Gasteiger partial charge in [0.25, 0.3) is 0 Å². The standard InChI is InChI=1S/C24H17ClN6O/c1-14-24-18(6-8-26-14)20-11-17(3-5-21(20)28-24)32-13-16-12-31(30-29-16)23-7-9-27-22-10-15(25)2-4-19(22)23/h2-12,28H,13H2,1H3. The van der Waals surface area contributed by atoms with Crippen LogP contribution in [0.15, 0.2) is 67.1 Å². The minimum absolute atomic E-state index is 0.309. The summed E-state index contributed by atoms with van der Waals surface area (Å²) < 4.78 is 7.76. The molecule has 0 radical (unpaired) electrons. The number of fused-ring (bicyclic) bond motifs is 4. The molecule has 0 atom stereocenters. The second-order valence-corrected chi connectivity index (χ2v) is 8.02. The number of aromatic amines is 1. The smallest absolute Gasteiger partial charge is 0.134 e. The van der Waals surface area contributed by atoms with Crippen molar-refractivity contribution < 1.29 is 4.74 Å². The fraction of sp³-hybridized carbons (Fsp3) is 0.0833. The summed E-state index contributed by atoms with van der Waals surface area (Å²) >= 11 is 6.09. The van der Waals surface area contributed by atoms with Gasteiger partial charge >= 0.3 is 0 Å². The Bertz CT molecular complexity index is 1620. The second kappa shape index (κ2) is 7.32. The number of hydrogen-bond donors (Lipinski definition) is 1. The molecular formula is C24H17ClN6O. The molecule has 4 aromatic heterocycles. The predicted molar refractivity (Wildman–Crippen MR) is 124 cm³/mol. The quantitative estimate of drug-likeness (QED) is 0.397. The first-order valence-electron chi connectivity index (χ1n) is 10.1. The number of aryl methyl sites for hydroxylation is 1. The number of nitrogens with one attached hydrogen (secondary N) is 1. The number of pyridine rings is 2. The summed E-state index contributed by atoms with van der Waals surface area (Å²) in [6.07, 6.45) is 5.43. The maximum Gasteiger partial charge on any atom is 0.134 e. The summed E-state index contributed by atoms with van der Waals surface area (Å²) in [6, 6.07) is 15.5. The van der Waals surface area contributed by atoms with Crippen molar-refractivity contribution in [2.24, 2.45) is 0 Å². The van der Waals surface area contributed by atoms with Crippen molar-refractivity contribution in [3.63, 3.8) is 0 Å². The van der Waals surface area contributed by atoms with E-state index in [1.165, 1.54) is 0 Å². The lowest BCUT2D eigenvalue weighted by Crippen LogP contribution is -1.97. The Labute approximate surface area is 187 Å². The Morgan fingerprint density at radius 3 is 2.81 bits per heavy atom. The van der Waals surface area contributed by atoms with Crippen LogP contribution in [0.2, 0.25) is 5.02 Å². The first kappa shape index (κ1) is 18.8. The Kier molecular flexibility index (Phi) is 4.29. The van der Waals surface area contributed by atoms with Gasteiger partial charge in [-0.3, -0.25) is 9.97 Å². The molecule has 1 N–H and O–H groups in total. The Hall–Kier alpha value is -3.97. The lowest BCUT2D eigenvalue weighted by Gasteiger charge is -2.05. The molecule has 156 valence electrons. The fourth-order valence-corrected chi connectivity index (χ4v) is 4.14. The largest absolute Gasteiger partial charge is 0.487 e. The van der Waals surface area contributed by atoms with Crippen molar-refractivity contribution in [3.05, 3.63) is 83.5 Å². The highest BCUT2D eigenvalue weighted by Crippen LogP contribution is 2.30. The van der Waals surface area contributed by atoms with Crippen molar-refractivity contribution >= 4 is 44.3 Å².